The Labute approximate surface area is 139 Å². The number of aromatic nitrogens is 3. The number of non-ortho nitro benzene ring substituents is 1. The summed E-state index contributed by atoms with van der Waals surface area (Å²) in [7, 11) is 1.95. The molecule has 1 saturated carbocycles. The molecule has 1 aromatic carbocycles. The van der Waals surface area contributed by atoms with Crippen molar-refractivity contribution in [3.63, 3.8) is 0 Å². The van der Waals surface area contributed by atoms with Crippen molar-refractivity contribution < 1.29 is 4.92 Å². The highest BCUT2D eigenvalue weighted by molar-refractivity contribution is 5.51. The van der Waals surface area contributed by atoms with Crippen LogP contribution in [-0.4, -0.2) is 33.0 Å². The van der Waals surface area contributed by atoms with Crippen molar-refractivity contribution in [1.82, 2.24) is 15.0 Å². The van der Waals surface area contributed by atoms with Crippen LogP contribution < -0.4 is 4.90 Å². The summed E-state index contributed by atoms with van der Waals surface area (Å²) in [6.07, 6.45) is 5.81. The van der Waals surface area contributed by atoms with Crippen molar-refractivity contribution >= 4 is 11.5 Å². The molecule has 0 amide bonds. The molecular formula is C16H18N6O2. The molecule has 1 fully saturated rings. The summed E-state index contributed by atoms with van der Waals surface area (Å²) in [6, 6.07) is 8.40. The summed E-state index contributed by atoms with van der Waals surface area (Å²) in [6.45, 7) is 0. The maximum atomic E-state index is 10.7. The van der Waals surface area contributed by atoms with Crippen LogP contribution in [0.3, 0.4) is 0 Å². The standard InChI is InChI=1S/C16H18N6O2/c1-20(12-5-3-2-4-6-12)16-15(11-17)18-21(19-16)13-7-9-14(10-8-13)22(23)24/h7-10,12H,2-6H2,1H3. The van der Waals surface area contributed by atoms with Gasteiger partial charge in [0.05, 0.1) is 10.6 Å². The number of nitrogens with zero attached hydrogens (tertiary/aromatic N) is 6. The number of rotatable bonds is 4. The number of hydrogen-bond donors (Lipinski definition) is 0. The minimum atomic E-state index is -0.455. The second-order valence-electron chi connectivity index (χ2n) is 5.95. The van der Waals surface area contributed by atoms with Gasteiger partial charge in [0.1, 0.15) is 6.07 Å². The first-order valence-corrected chi connectivity index (χ1v) is 7.95. The van der Waals surface area contributed by atoms with Gasteiger partial charge in [0.25, 0.3) is 5.69 Å². The minimum Gasteiger partial charge on any atom is -0.353 e. The third-order valence-corrected chi connectivity index (χ3v) is 4.45. The quantitative estimate of drug-likeness (QED) is 0.632. The highest BCUT2D eigenvalue weighted by Gasteiger charge is 2.24. The Balaban J connectivity index is 1.89. The number of nitro benzene ring substituents is 1. The van der Waals surface area contributed by atoms with E-state index < -0.39 is 4.92 Å². The monoisotopic (exact) mass is 326 g/mol. The Morgan fingerprint density at radius 3 is 2.50 bits per heavy atom. The Kier molecular flexibility index (Phi) is 4.42. The molecule has 1 aromatic heterocycles. The molecule has 0 unspecified atom stereocenters. The lowest BCUT2D eigenvalue weighted by Crippen LogP contribution is -2.34. The van der Waals surface area contributed by atoms with E-state index in [0.29, 0.717) is 17.5 Å². The predicted molar refractivity (Wildman–Crippen MR) is 88.0 cm³/mol. The first-order valence-electron chi connectivity index (χ1n) is 7.95. The molecule has 8 heteroatoms. The molecular weight excluding hydrogens is 308 g/mol. The van der Waals surface area contributed by atoms with Gasteiger partial charge in [-0.2, -0.15) is 5.26 Å². The molecule has 0 radical (unpaired) electrons. The molecule has 1 aliphatic rings. The molecule has 124 valence electrons. The van der Waals surface area contributed by atoms with E-state index in [2.05, 4.69) is 16.3 Å². The van der Waals surface area contributed by atoms with E-state index >= 15 is 0 Å². The van der Waals surface area contributed by atoms with Gasteiger partial charge in [0.2, 0.25) is 5.69 Å². The Morgan fingerprint density at radius 1 is 1.25 bits per heavy atom. The lowest BCUT2D eigenvalue weighted by atomic mass is 9.94. The molecule has 8 nitrogen and oxygen atoms in total. The van der Waals surface area contributed by atoms with Crippen LogP contribution in [0.5, 0.6) is 0 Å². The van der Waals surface area contributed by atoms with Crippen LogP contribution in [0.2, 0.25) is 0 Å². The van der Waals surface area contributed by atoms with Crippen LogP contribution in [-0.2, 0) is 0 Å². The van der Waals surface area contributed by atoms with Gasteiger partial charge in [0, 0.05) is 25.2 Å². The lowest BCUT2D eigenvalue weighted by Gasteiger charge is -2.31. The second-order valence-corrected chi connectivity index (χ2v) is 5.95. The molecule has 1 aliphatic carbocycles. The summed E-state index contributed by atoms with van der Waals surface area (Å²) in [5.41, 5.74) is 0.854. The van der Waals surface area contributed by atoms with Crippen molar-refractivity contribution in [1.29, 1.82) is 5.26 Å². The van der Waals surface area contributed by atoms with Gasteiger partial charge in [-0.25, -0.2) is 0 Å². The summed E-state index contributed by atoms with van der Waals surface area (Å²) >= 11 is 0. The minimum absolute atomic E-state index is 0.00552. The normalized spacial score (nSPS) is 15.0. The van der Waals surface area contributed by atoms with E-state index in [1.54, 1.807) is 12.1 Å². The van der Waals surface area contributed by atoms with Crippen LogP contribution in [0.1, 0.15) is 37.8 Å². The first kappa shape index (κ1) is 15.9. The fraction of sp³-hybridized carbons (Fsp3) is 0.438. The Hall–Kier alpha value is -2.95. The van der Waals surface area contributed by atoms with Crippen LogP contribution in [0.15, 0.2) is 24.3 Å². The van der Waals surface area contributed by atoms with Gasteiger partial charge in [-0.1, -0.05) is 19.3 Å². The fourth-order valence-corrected chi connectivity index (χ4v) is 3.07. The molecule has 24 heavy (non-hydrogen) atoms. The van der Waals surface area contributed by atoms with Crippen molar-refractivity contribution in [2.45, 2.75) is 38.1 Å². The van der Waals surface area contributed by atoms with Crippen molar-refractivity contribution in [3.05, 3.63) is 40.1 Å². The highest BCUT2D eigenvalue weighted by Crippen LogP contribution is 2.27. The largest absolute Gasteiger partial charge is 0.353 e. The zero-order chi connectivity index (χ0) is 17.1. The number of anilines is 1. The van der Waals surface area contributed by atoms with E-state index in [1.165, 1.54) is 36.2 Å². The predicted octanol–water partition coefficient (Wildman–Crippen LogP) is 2.82. The second kappa shape index (κ2) is 6.66. The number of nitro groups is 1. The maximum Gasteiger partial charge on any atom is 0.269 e. The fourth-order valence-electron chi connectivity index (χ4n) is 3.07. The third-order valence-electron chi connectivity index (χ3n) is 4.45. The van der Waals surface area contributed by atoms with E-state index in [1.807, 2.05) is 11.9 Å². The molecule has 0 spiro atoms. The van der Waals surface area contributed by atoms with Crippen LogP contribution in [0, 0.1) is 21.4 Å². The molecule has 0 N–H and O–H groups in total. The van der Waals surface area contributed by atoms with Gasteiger partial charge in [-0.3, -0.25) is 10.1 Å². The van der Waals surface area contributed by atoms with Gasteiger partial charge in [0.15, 0.2) is 5.82 Å². The van der Waals surface area contributed by atoms with E-state index in [-0.39, 0.29) is 11.4 Å². The van der Waals surface area contributed by atoms with E-state index in [4.69, 9.17) is 0 Å². The van der Waals surface area contributed by atoms with Gasteiger partial charge in [-0.15, -0.1) is 15.0 Å². The summed E-state index contributed by atoms with van der Waals surface area (Å²) < 4.78 is 0. The Bertz CT molecular complexity index is 771. The van der Waals surface area contributed by atoms with Gasteiger partial charge < -0.3 is 4.90 Å². The molecule has 0 saturated heterocycles. The SMILES string of the molecule is CN(c1nn(-c2ccc([N+](=O)[O-])cc2)nc1C#N)C1CCCCC1. The zero-order valence-corrected chi connectivity index (χ0v) is 13.4. The van der Waals surface area contributed by atoms with Crippen LogP contribution >= 0.6 is 0 Å². The highest BCUT2D eigenvalue weighted by atomic mass is 16.6. The molecule has 0 bridgehead atoms. The first-order chi connectivity index (χ1) is 11.6. The van der Waals surface area contributed by atoms with Crippen molar-refractivity contribution in [2.75, 3.05) is 11.9 Å². The van der Waals surface area contributed by atoms with Crippen molar-refractivity contribution in [2.24, 2.45) is 0 Å². The van der Waals surface area contributed by atoms with E-state index in [9.17, 15) is 15.4 Å². The average molecular weight is 326 g/mol. The topological polar surface area (TPSA) is 101 Å². The molecule has 0 aliphatic heterocycles. The zero-order valence-electron chi connectivity index (χ0n) is 13.4. The van der Waals surface area contributed by atoms with Gasteiger partial charge in [-0.05, 0) is 25.0 Å². The summed E-state index contributed by atoms with van der Waals surface area (Å²) in [5.74, 6) is 0.558. The van der Waals surface area contributed by atoms with Crippen LogP contribution in [0.25, 0.3) is 5.69 Å². The van der Waals surface area contributed by atoms with Crippen molar-refractivity contribution in [3.8, 4) is 11.8 Å². The summed E-state index contributed by atoms with van der Waals surface area (Å²) in [4.78, 5) is 13.7. The molecule has 3 rings (SSSR count). The van der Waals surface area contributed by atoms with E-state index in [0.717, 1.165) is 12.8 Å². The van der Waals surface area contributed by atoms with Crippen LogP contribution in [0.4, 0.5) is 11.5 Å². The summed E-state index contributed by atoms with van der Waals surface area (Å²) in [5, 5.41) is 28.8. The number of hydrogen-bond acceptors (Lipinski definition) is 6. The van der Waals surface area contributed by atoms with Gasteiger partial charge >= 0.3 is 0 Å². The molecule has 2 aromatic rings. The third kappa shape index (κ3) is 3.06. The number of nitriles is 1. The lowest BCUT2D eigenvalue weighted by molar-refractivity contribution is -0.384. The number of benzene rings is 1. The maximum absolute atomic E-state index is 10.7. The molecule has 0 atom stereocenters. The molecule has 1 heterocycles. The smallest absolute Gasteiger partial charge is 0.269 e. The average Bonchev–Trinajstić information content (AvgIpc) is 3.06. The Morgan fingerprint density at radius 2 is 1.92 bits per heavy atom.